The van der Waals surface area contributed by atoms with E-state index in [2.05, 4.69) is 23.9 Å². The number of hydrogen-bond donors (Lipinski definition) is 1. The first kappa shape index (κ1) is 15.3. The molecule has 0 saturated heterocycles. The molecule has 0 saturated carbocycles. The molecule has 0 unspecified atom stereocenters. The van der Waals surface area contributed by atoms with Gasteiger partial charge in [-0.2, -0.15) is 5.10 Å². The molecule has 1 heterocycles. The average molecular weight is 286 g/mol. The van der Waals surface area contributed by atoms with Crippen molar-refractivity contribution in [1.82, 2.24) is 9.78 Å². The highest BCUT2D eigenvalue weighted by atomic mass is 19.1. The molecule has 0 amide bonds. The van der Waals surface area contributed by atoms with Gasteiger partial charge < -0.3 is 5.11 Å². The summed E-state index contributed by atoms with van der Waals surface area (Å²) in [5.74, 6) is 5.04. The van der Waals surface area contributed by atoms with Crippen molar-refractivity contribution in [2.75, 3.05) is 6.61 Å². The van der Waals surface area contributed by atoms with E-state index in [4.69, 9.17) is 5.11 Å². The molecule has 2 aromatic rings. The molecule has 0 aliphatic carbocycles. The summed E-state index contributed by atoms with van der Waals surface area (Å²) in [7, 11) is 0. The van der Waals surface area contributed by atoms with Crippen LogP contribution < -0.4 is 0 Å². The number of aliphatic hydroxyl groups is 1. The van der Waals surface area contributed by atoms with E-state index in [0.29, 0.717) is 12.1 Å². The quantitative estimate of drug-likeness (QED) is 0.881. The number of hydrogen-bond acceptors (Lipinski definition) is 2. The second-order valence-corrected chi connectivity index (χ2v) is 4.92. The molecule has 0 radical (unpaired) electrons. The normalized spacial score (nSPS) is 10.3. The molecule has 0 atom stereocenters. The fourth-order valence-corrected chi connectivity index (χ4v) is 2.50. The highest BCUT2D eigenvalue weighted by molar-refractivity contribution is 5.42. The van der Waals surface area contributed by atoms with Gasteiger partial charge in [-0.3, -0.25) is 4.68 Å². The fraction of sp³-hybridized carbons (Fsp3) is 0.353. The van der Waals surface area contributed by atoms with Crippen LogP contribution >= 0.6 is 0 Å². The summed E-state index contributed by atoms with van der Waals surface area (Å²) in [6, 6.07) is 4.54. The van der Waals surface area contributed by atoms with E-state index in [-0.39, 0.29) is 12.4 Å². The summed E-state index contributed by atoms with van der Waals surface area (Å²) in [6.45, 7) is 6.45. The minimum Gasteiger partial charge on any atom is -0.384 e. The van der Waals surface area contributed by atoms with E-state index < -0.39 is 0 Å². The van der Waals surface area contributed by atoms with Crippen LogP contribution in [-0.2, 0) is 13.0 Å². The van der Waals surface area contributed by atoms with E-state index in [1.807, 2.05) is 18.5 Å². The highest BCUT2D eigenvalue weighted by Crippen LogP contribution is 2.17. The van der Waals surface area contributed by atoms with Crippen molar-refractivity contribution in [3.8, 4) is 11.8 Å². The Kier molecular flexibility index (Phi) is 4.77. The molecular weight excluding hydrogens is 267 g/mol. The van der Waals surface area contributed by atoms with E-state index in [1.54, 1.807) is 6.07 Å². The first-order chi connectivity index (χ1) is 10.1. The van der Waals surface area contributed by atoms with Gasteiger partial charge in [0.2, 0.25) is 0 Å². The lowest BCUT2D eigenvalue weighted by Gasteiger charge is -2.08. The van der Waals surface area contributed by atoms with Crippen LogP contribution in [0, 0.1) is 31.5 Å². The molecule has 0 fully saturated rings. The molecule has 0 aliphatic rings. The molecule has 3 nitrogen and oxygen atoms in total. The molecule has 0 spiro atoms. The van der Waals surface area contributed by atoms with Gasteiger partial charge in [0.25, 0.3) is 0 Å². The van der Waals surface area contributed by atoms with Crippen LogP contribution in [0.4, 0.5) is 4.39 Å². The highest BCUT2D eigenvalue weighted by Gasteiger charge is 2.11. The van der Waals surface area contributed by atoms with E-state index >= 15 is 0 Å². The van der Waals surface area contributed by atoms with Gasteiger partial charge in [-0.05, 0) is 43.5 Å². The van der Waals surface area contributed by atoms with E-state index in [0.717, 1.165) is 23.4 Å². The molecular formula is C17H19FN2O. The summed E-state index contributed by atoms with van der Waals surface area (Å²) >= 11 is 0. The lowest BCUT2D eigenvalue weighted by atomic mass is 10.1. The SMILES string of the molecule is CCc1c(C)nn(Cc2ccc(F)cc2C#CCO)c1C. The number of benzene rings is 1. The third-order valence-electron chi connectivity index (χ3n) is 3.58. The lowest BCUT2D eigenvalue weighted by molar-refractivity contribution is 0.350. The summed E-state index contributed by atoms with van der Waals surface area (Å²) in [5.41, 5.74) is 4.89. The maximum atomic E-state index is 13.4. The van der Waals surface area contributed by atoms with Crippen molar-refractivity contribution in [3.05, 3.63) is 52.1 Å². The lowest BCUT2D eigenvalue weighted by Crippen LogP contribution is -2.06. The number of halogens is 1. The Morgan fingerprint density at radius 2 is 2.10 bits per heavy atom. The number of aliphatic hydroxyl groups excluding tert-OH is 1. The maximum absolute atomic E-state index is 13.4. The molecule has 1 aromatic carbocycles. The van der Waals surface area contributed by atoms with Gasteiger partial charge in [-0.1, -0.05) is 24.8 Å². The monoisotopic (exact) mass is 286 g/mol. The van der Waals surface area contributed by atoms with Gasteiger partial charge in [-0.15, -0.1) is 0 Å². The Morgan fingerprint density at radius 3 is 2.71 bits per heavy atom. The molecule has 1 aromatic heterocycles. The first-order valence-corrected chi connectivity index (χ1v) is 6.97. The Bertz CT molecular complexity index is 708. The Labute approximate surface area is 124 Å². The van der Waals surface area contributed by atoms with Crippen molar-refractivity contribution in [2.45, 2.75) is 33.7 Å². The van der Waals surface area contributed by atoms with Gasteiger partial charge in [0, 0.05) is 11.3 Å². The third kappa shape index (κ3) is 3.32. The van der Waals surface area contributed by atoms with Gasteiger partial charge in [-0.25, -0.2) is 4.39 Å². The second kappa shape index (κ2) is 6.55. The Morgan fingerprint density at radius 1 is 1.33 bits per heavy atom. The predicted octanol–water partition coefficient (Wildman–Crippen LogP) is 2.59. The maximum Gasteiger partial charge on any atom is 0.124 e. The predicted molar refractivity (Wildman–Crippen MR) is 80.5 cm³/mol. The standard InChI is InChI=1S/C17H19FN2O/c1-4-17-12(2)19-20(13(17)3)11-15-7-8-16(18)10-14(15)6-5-9-21/h7-8,10,21H,4,9,11H2,1-3H3. The largest absolute Gasteiger partial charge is 0.384 e. The van der Waals surface area contributed by atoms with Gasteiger partial charge in [0.1, 0.15) is 12.4 Å². The molecule has 2 rings (SSSR count). The molecule has 4 heteroatoms. The first-order valence-electron chi connectivity index (χ1n) is 6.97. The van der Waals surface area contributed by atoms with Crippen molar-refractivity contribution in [3.63, 3.8) is 0 Å². The molecule has 1 N–H and O–H groups in total. The minimum atomic E-state index is -0.330. The average Bonchev–Trinajstić information content (AvgIpc) is 2.73. The Balaban J connectivity index is 2.40. The summed E-state index contributed by atoms with van der Waals surface area (Å²) in [5, 5.41) is 13.4. The van der Waals surface area contributed by atoms with Gasteiger partial charge >= 0.3 is 0 Å². The number of aromatic nitrogens is 2. The fourth-order valence-electron chi connectivity index (χ4n) is 2.50. The second-order valence-electron chi connectivity index (χ2n) is 4.92. The van der Waals surface area contributed by atoms with E-state index in [1.165, 1.54) is 17.7 Å². The summed E-state index contributed by atoms with van der Waals surface area (Å²) in [6.07, 6.45) is 0.943. The van der Waals surface area contributed by atoms with Crippen molar-refractivity contribution >= 4 is 0 Å². The van der Waals surface area contributed by atoms with Crippen LogP contribution in [0.25, 0.3) is 0 Å². The van der Waals surface area contributed by atoms with E-state index in [9.17, 15) is 4.39 Å². The zero-order chi connectivity index (χ0) is 15.4. The molecule has 0 bridgehead atoms. The zero-order valence-corrected chi connectivity index (χ0v) is 12.6. The molecule has 21 heavy (non-hydrogen) atoms. The molecule has 110 valence electrons. The van der Waals surface area contributed by atoms with Gasteiger partial charge in [0.05, 0.1) is 12.2 Å². The van der Waals surface area contributed by atoms with Crippen LogP contribution in [0.15, 0.2) is 18.2 Å². The number of rotatable bonds is 3. The van der Waals surface area contributed by atoms with Crippen LogP contribution in [0.3, 0.4) is 0 Å². The van der Waals surface area contributed by atoms with Crippen molar-refractivity contribution in [1.29, 1.82) is 0 Å². The Hall–Kier alpha value is -2.12. The van der Waals surface area contributed by atoms with Crippen LogP contribution in [0.5, 0.6) is 0 Å². The smallest absolute Gasteiger partial charge is 0.124 e. The van der Waals surface area contributed by atoms with Gasteiger partial charge in [0.15, 0.2) is 0 Å². The third-order valence-corrected chi connectivity index (χ3v) is 3.58. The summed E-state index contributed by atoms with van der Waals surface area (Å²) < 4.78 is 15.3. The molecule has 0 aliphatic heterocycles. The minimum absolute atomic E-state index is 0.240. The summed E-state index contributed by atoms with van der Waals surface area (Å²) in [4.78, 5) is 0. The van der Waals surface area contributed by atoms with Crippen LogP contribution in [0.2, 0.25) is 0 Å². The zero-order valence-electron chi connectivity index (χ0n) is 12.6. The van der Waals surface area contributed by atoms with Crippen molar-refractivity contribution in [2.24, 2.45) is 0 Å². The number of nitrogens with zero attached hydrogens (tertiary/aromatic N) is 2. The van der Waals surface area contributed by atoms with Crippen molar-refractivity contribution < 1.29 is 9.50 Å². The van der Waals surface area contributed by atoms with Crippen LogP contribution in [-0.4, -0.2) is 21.5 Å². The van der Waals surface area contributed by atoms with Crippen LogP contribution in [0.1, 0.15) is 35.0 Å². The number of aryl methyl sites for hydroxylation is 1. The topological polar surface area (TPSA) is 38.0 Å².